The van der Waals surface area contributed by atoms with Crippen molar-refractivity contribution in [1.82, 2.24) is 0 Å². The molecule has 4 nitrogen and oxygen atoms in total. The van der Waals surface area contributed by atoms with E-state index in [2.05, 4.69) is 0 Å². The first-order chi connectivity index (χ1) is 7.61. The molecule has 1 aromatic carbocycles. The number of esters is 1. The zero-order valence-corrected chi connectivity index (χ0v) is 9.20. The lowest BCUT2D eigenvalue weighted by Gasteiger charge is -2.09. The zero-order chi connectivity index (χ0) is 11.7. The molecule has 1 aliphatic carbocycles. The third-order valence-electron chi connectivity index (χ3n) is 2.56. The molecule has 1 aromatic rings. The SMILES string of the molecule is COc1cc2c(cc1OC(C)=O)C(=O)CC2. The number of hydrogen-bond acceptors (Lipinski definition) is 4. The molecule has 0 unspecified atom stereocenters. The van der Waals surface area contributed by atoms with Gasteiger partial charge in [-0.1, -0.05) is 0 Å². The van der Waals surface area contributed by atoms with Crippen LogP contribution in [0.3, 0.4) is 0 Å². The van der Waals surface area contributed by atoms with Gasteiger partial charge in [0, 0.05) is 18.9 Å². The molecule has 4 heteroatoms. The third kappa shape index (κ3) is 1.78. The molecule has 0 atom stereocenters. The first-order valence-electron chi connectivity index (χ1n) is 5.04. The summed E-state index contributed by atoms with van der Waals surface area (Å²) in [5.41, 5.74) is 1.59. The van der Waals surface area contributed by atoms with Crippen LogP contribution in [0.2, 0.25) is 0 Å². The van der Waals surface area contributed by atoms with Gasteiger partial charge in [-0.15, -0.1) is 0 Å². The van der Waals surface area contributed by atoms with Crippen LogP contribution in [0, 0.1) is 0 Å². The Kier molecular flexibility index (Phi) is 2.64. The number of Topliss-reactive ketones (excluding diaryl/α,β-unsaturated/α-hetero) is 1. The largest absolute Gasteiger partial charge is 0.493 e. The normalized spacial score (nSPS) is 13.5. The molecule has 0 spiro atoms. The highest BCUT2D eigenvalue weighted by atomic mass is 16.6. The van der Waals surface area contributed by atoms with Crippen molar-refractivity contribution in [2.45, 2.75) is 19.8 Å². The van der Waals surface area contributed by atoms with Gasteiger partial charge < -0.3 is 9.47 Å². The first kappa shape index (κ1) is 10.7. The monoisotopic (exact) mass is 220 g/mol. The number of fused-ring (bicyclic) bond motifs is 1. The van der Waals surface area contributed by atoms with Crippen molar-refractivity contribution in [2.24, 2.45) is 0 Å². The summed E-state index contributed by atoms with van der Waals surface area (Å²) in [5, 5.41) is 0. The van der Waals surface area contributed by atoms with Crippen LogP contribution in [0.4, 0.5) is 0 Å². The van der Waals surface area contributed by atoms with E-state index in [1.165, 1.54) is 14.0 Å². The van der Waals surface area contributed by atoms with E-state index in [4.69, 9.17) is 9.47 Å². The molecule has 0 saturated carbocycles. The third-order valence-corrected chi connectivity index (χ3v) is 2.56. The van der Waals surface area contributed by atoms with E-state index in [1.807, 2.05) is 0 Å². The molecule has 84 valence electrons. The van der Waals surface area contributed by atoms with Gasteiger partial charge >= 0.3 is 5.97 Å². The van der Waals surface area contributed by atoms with Crippen molar-refractivity contribution in [2.75, 3.05) is 7.11 Å². The van der Waals surface area contributed by atoms with Gasteiger partial charge in [0.25, 0.3) is 0 Å². The van der Waals surface area contributed by atoms with E-state index < -0.39 is 5.97 Å². The Hall–Kier alpha value is -1.84. The molecule has 0 fully saturated rings. The maximum absolute atomic E-state index is 11.5. The average Bonchev–Trinajstić information content (AvgIpc) is 2.58. The van der Waals surface area contributed by atoms with Gasteiger partial charge in [-0.3, -0.25) is 9.59 Å². The lowest BCUT2D eigenvalue weighted by Crippen LogP contribution is -2.04. The van der Waals surface area contributed by atoms with Gasteiger partial charge in [-0.05, 0) is 24.1 Å². The number of methoxy groups -OCH3 is 1. The highest BCUT2D eigenvalue weighted by molar-refractivity contribution is 6.01. The molecular weight excluding hydrogens is 208 g/mol. The summed E-state index contributed by atoms with van der Waals surface area (Å²) in [4.78, 5) is 22.4. The minimum Gasteiger partial charge on any atom is -0.493 e. The smallest absolute Gasteiger partial charge is 0.308 e. The fourth-order valence-corrected chi connectivity index (χ4v) is 1.85. The van der Waals surface area contributed by atoms with Crippen molar-refractivity contribution < 1.29 is 19.1 Å². The maximum atomic E-state index is 11.5. The molecule has 0 radical (unpaired) electrons. The van der Waals surface area contributed by atoms with Crippen molar-refractivity contribution in [3.05, 3.63) is 23.3 Å². The second-order valence-corrected chi connectivity index (χ2v) is 3.68. The molecule has 0 saturated heterocycles. The van der Waals surface area contributed by atoms with Crippen LogP contribution >= 0.6 is 0 Å². The van der Waals surface area contributed by atoms with Gasteiger partial charge in [0.05, 0.1) is 7.11 Å². The Balaban J connectivity index is 2.47. The Morgan fingerprint density at radius 2 is 2.00 bits per heavy atom. The van der Waals surface area contributed by atoms with E-state index >= 15 is 0 Å². The second-order valence-electron chi connectivity index (χ2n) is 3.68. The molecule has 1 aliphatic rings. The van der Waals surface area contributed by atoms with Crippen LogP contribution in [-0.2, 0) is 11.2 Å². The predicted octanol–water partition coefficient (Wildman–Crippen LogP) is 1.75. The summed E-state index contributed by atoms with van der Waals surface area (Å²) in [7, 11) is 1.51. The number of ether oxygens (including phenoxy) is 2. The van der Waals surface area contributed by atoms with Gasteiger partial charge in [0.1, 0.15) is 0 Å². The fourth-order valence-electron chi connectivity index (χ4n) is 1.85. The average molecular weight is 220 g/mol. The number of ketones is 1. The van der Waals surface area contributed by atoms with Crippen LogP contribution in [-0.4, -0.2) is 18.9 Å². The number of hydrogen-bond donors (Lipinski definition) is 0. The van der Waals surface area contributed by atoms with Gasteiger partial charge in [0.2, 0.25) is 0 Å². The number of aryl methyl sites for hydroxylation is 1. The van der Waals surface area contributed by atoms with Crippen LogP contribution < -0.4 is 9.47 Å². The number of benzene rings is 1. The standard InChI is InChI=1S/C12H12O4/c1-7(13)16-12-6-9-8(3-4-10(9)14)5-11(12)15-2/h5-6H,3-4H2,1-2H3. The molecule has 0 aliphatic heterocycles. The lowest BCUT2D eigenvalue weighted by atomic mass is 10.1. The van der Waals surface area contributed by atoms with Crippen molar-refractivity contribution in [1.29, 1.82) is 0 Å². The van der Waals surface area contributed by atoms with E-state index in [-0.39, 0.29) is 5.78 Å². The fraction of sp³-hybridized carbons (Fsp3) is 0.333. The van der Waals surface area contributed by atoms with Crippen molar-refractivity contribution in [3.63, 3.8) is 0 Å². The second kappa shape index (κ2) is 3.96. The number of carbonyl (C=O) groups excluding carboxylic acids is 2. The van der Waals surface area contributed by atoms with Gasteiger partial charge in [-0.25, -0.2) is 0 Å². The molecule has 0 aromatic heterocycles. The van der Waals surface area contributed by atoms with Crippen LogP contribution in [0.5, 0.6) is 11.5 Å². The van der Waals surface area contributed by atoms with Crippen LogP contribution in [0.1, 0.15) is 29.3 Å². The lowest BCUT2D eigenvalue weighted by molar-refractivity contribution is -0.132. The van der Waals surface area contributed by atoms with Crippen molar-refractivity contribution >= 4 is 11.8 Å². The maximum Gasteiger partial charge on any atom is 0.308 e. The Morgan fingerprint density at radius 3 is 2.62 bits per heavy atom. The summed E-state index contributed by atoms with van der Waals surface area (Å²) in [6.07, 6.45) is 1.24. The molecular formula is C12H12O4. The highest BCUT2D eigenvalue weighted by Gasteiger charge is 2.23. The topological polar surface area (TPSA) is 52.6 Å². The van der Waals surface area contributed by atoms with E-state index in [1.54, 1.807) is 12.1 Å². The molecule has 0 N–H and O–H groups in total. The number of carbonyl (C=O) groups is 2. The quantitative estimate of drug-likeness (QED) is 0.562. The Bertz CT molecular complexity index is 462. The van der Waals surface area contributed by atoms with Gasteiger partial charge in [-0.2, -0.15) is 0 Å². The zero-order valence-electron chi connectivity index (χ0n) is 9.20. The molecule has 0 bridgehead atoms. The van der Waals surface area contributed by atoms with E-state index in [9.17, 15) is 9.59 Å². The number of rotatable bonds is 2. The van der Waals surface area contributed by atoms with E-state index in [0.717, 1.165) is 12.0 Å². The highest BCUT2D eigenvalue weighted by Crippen LogP contribution is 2.34. The Morgan fingerprint density at radius 1 is 1.25 bits per heavy atom. The first-order valence-corrected chi connectivity index (χ1v) is 5.04. The van der Waals surface area contributed by atoms with E-state index in [0.29, 0.717) is 23.5 Å². The molecule has 16 heavy (non-hydrogen) atoms. The molecule has 0 heterocycles. The molecule has 0 amide bonds. The van der Waals surface area contributed by atoms with Crippen LogP contribution in [0.25, 0.3) is 0 Å². The van der Waals surface area contributed by atoms with Crippen molar-refractivity contribution in [3.8, 4) is 11.5 Å². The minimum absolute atomic E-state index is 0.0889. The summed E-state index contributed by atoms with van der Waals surface area (Å²) in [6, 6.07) is 3.35. The summed E-state index contributed by atoms with van der Waals surface area (Å²) >= 11 is 0. The molecule has 2 rings (SSSR count). The minimum atomic E-state index is -0.427. The van der Waals surface area contributed by atoms with Crippen LogP contribution in [0.15, 0.2) is 12.1 Å². The summed E-state index contributed by atoms with van der Waals surface area (Å²) in [5.74, 6) is 0.461. The summed E-state index contributed by atoms with van der Waals surface area (Å²) < 4.78 is 10.1. The predicted molar refractivity (Wildman–Crippen MR) is 57.0 cm³/mol. The Labute approximate surface area is 93.2 Å². The van der Waals surface area contributed by atoms with Gasteiger partial charge in [0.15, 0.2) is 17.3 Å². The summed E-state index contributed by atoms with van der Waals surface area (Å²) in [6.45, 7) is 1.31.